The summed E-state index contributed by atoms with van der Waals surface area (Å²) in [6.45, 7) is 1.84. The summed E-state index contributed by atoms with van der Waals surface area (Å²) in [6.07, 6.45) is 3.26. The zero-order valence-electron chi connectivity index (χ0n) is 10.6. The molecule has 1 saturated heterocycles. The van der Waals surface area contributed by atoms with Gasteiger partial charge < -0.3 is 5.11 Å². The van der Waals surface area contributed by atoms with Gasteiger partial charge in [0.2, 0.25) is 10.0 Å². The Morgan fingerprint density at radius 2 is 2.30 bits per heavy atom. The lowest BCUT2D eigenvalue weighted by Gasteiger charge is -2.25. The van der Waals surface area contributed by atoms with E-state index in [-0.39, 0.29) is 16.0 Å². The number of carboxylic acids is 1. The fourth-order valence-electron chi connectivity index (χ4n) is 2.01. The molecule has 1 aromatic rings. The summed E-state index contributed by atoms with van der Waals surface area (Å²) in [5.74, 6) is -0.867. The van der Waals surface area contributed by atoms with E-state index in [2.05, 4.69) is 20.9 Å². The van der Waals surface area contributed by atoms with Crippen LogP contribution in [0.4, 0.5) is 0 Å². The van der Waals surface area contributed by atoms with Crippen LogP contribution in [0.3, 0.4) is 0 Å². The lowest BCUT2D eigenvalue weighted by atomic mass is 10.3. The minimum absolute atomic E-state index is 0.000856. The molecule has 0 bridgehead atoms. The highest BCUT2D eigenvalue weighted by Crippen LogP contribution is 2.36. The van der Waals surface area contributed by atoms with E-state index in [1.54, 1.807) is 0 Å². The normalized spacial score (nSPS) is 23.9. The SMILES string of the molecule is CCC1SCC(C(=O)O)N1S(=O)(=O)c1cncc(Br)c1. The lowest BCUT2D eigenvalue weighted by Crippen LogP contribution is -2.45. The van der Waals surface area contributed by atoms with Crippen LogP contribution in [-0.2, 0) is 14.8 Å². The van der Waals surface area contributed by atoms with Gasteiger partial charge in [-0.15, -0.1) is 11.8 Å². The van der Waals surface area contributed by atoms with Gasteiger partial charge in [0.05, 0.1) is 5.37 Å². The quantitative estimate of drug-likeness (QED) is 0.856. The maximum Gasteiger partial charge on any atom is 0.322 e. The monoisotopic (exact) mass is 380 g/mol. The Bertz CT molecular complexity index is 623. The molecule has 0 radical (unpaired) electrons. The molecular formula is C11H13BrN2O4S2. The number of pyridine rings is 1. The number of hydrogen-bond acceptors (Lipinski definition) is 5. The van der Waals surface area contributed by atoms with Crippen LogP contribution in [0.5, 0.6) is 0 Å². The van der Waals surface area contributed by atoms with Gasteiger partial charge in [0.1, 0.15) is 10.9 Å². The van der Waals surface area contributed by atoms with Crippen molar-refractivity contribution in [1.82, 2.24) is 9.29 Å². The molecule has 2 unspecified atom stereocenters. The van der Waals surface area contributed by atoms with E-state index in [0.717, 1.165) is 4.31 Å². The van der Waals surface area contributed by atoms with Crippen molar-refractivity contribution in [2.45, 2.75) is 29.7 Å². The third kappa shape index (κ3) is 2.85. The van der Waals surface area contributed by atoms with E-state index < -0.39 is 22.0 Å². The molecule has 2 heterocycles. The van der Waals surface area contributed by atoms with Gasteiger partial charge in [-0.05, 0) is 28.4 Å². The van der Waals surface area contributed by atoms with Gasteiger partial charge in [0.15, 0.2) is 0 Å². The summed E-state index contributed by atoms with van der Waals surface area (Å²) >= 11 is 4.52. The van der Waals surface area contributed by atoms with Crippen LogP contribution in [-0.4, -0.2) is 46.0 Å². The van der Waals surface area contributed by atoms with Gasteiger partial charge in [-0.25, -0.2) is 8.42 Å². The number of nitrogens with zero attached hydrogens (tertiary/aromatic N) is 2. The number of aliphatic carboxylic acids is 1. The first-order valence-corrected chi connectivity index (χ1v) is 9.14. The van der Waals surface area contributed by atoms with Crippen molar-refractivity contribution in [3.63, 3.8) is 0 Å². The van der Waals surface area contributed by atoms with E-state index in [4.69, 9.17) is 0 Å². The lowest BCUT2D eigenvalue weighted by molar-refractivity contribution is -0.140. The zero-order chi connectivity index (χ0) is 14.9. The molecule has 0 saturated carbocycles. The average Bonchev–Trinajstić information content (AvgIpc) is 2.83. The topological polar surface area (TPSA) is 87.6 Å². The Hall–Kier alpha value is -0.640. The Morgan fingerprint density at radius 3 is 2.85 bits per heavy atom. The summed E-state index contributed by atoms with van der Waals surface area (Å²) in [6, 6.07) is 0.394. The van der Waals surface area contributed by atoms with Crippen LogP contribution in [0.1, 0.15) is 13.3 Å². The molecule has 0 spiro atoms. The average molecular weight is 381 g/mol. The molecular weight excluding hydrogens is 368 g/mol. The largest absolute Gasteiger partial charge is 0.480 e. The molecule has 2 rings (SSSR count). The maximum absolute atomic E-state index is 12.7. The molecule has 9 heteroatoms. The molecule has 1 fully saturated rings. The molecule has 1 N–H and O–H groups in total. The molecule has 0 aromatic carbocycles. The summed E-state index contributed by atoms with van der Waals surface area (Å²) in [5.41, 5.74) is 0. The van der Waals surface area contributed by atoms with Gasteiger partial charge in [0.25, 0.3) is 0 Å². The van der Waals surface area contributed by atoms with Gasteiger partial charge in [-0.1, -0.05) is 6.92 Å². The first-order chi connectivity index (χ1) is 9.37. The van der Waals surface area contributed by atoms with Crippen LogP contribution in [0, 0.1) is 0 Å². The first-order valence-electron chi connectivity index (χ1n) is 5.86. The number of rotatable bonds is 4. The van der Waals surface area contributed by atoms with Crippen LogP contribution in [0.25, 0.3) is 0 Å². The van der Waals surface area contributed by atoms with Crippen molar-refractivity contribution < 1.29 is 18.3 Å². The summed E-state index contributed by atoms with van der Waals surface area (Å²) in [4.78, 5) is 15.1. The van der Waals surface area contributed by atoms with Gasteiger partial charge in [-0.3, -0.25) is 9.78 Å². The Balaban J connectivity index is 2.47. The number of carbonyl (C=O) groups is 1. The number of thioether (sulfide) groups is 1. The van der Waals surface area contributed by atoms with Crippen molar-refractivity contribution in [3.05, 3.63) is 22.9 Å². The fourth-order valence-corrected chi connectivity index (χ4v) is 6.05. The van der Waals surface area contributed by atoms with Gasteiger partial charge in [0, 0.05) is 22.6 Å². The summed E-state index contributed by atoms with van der Waals surface area (Å²) < 4.78 is 26.9. The first kappa shape index (κ1) is 15.7. The van der Waals surface area contributed by atoms with Crippen LogP contribution in [0.2, 0.25) is 0 Å². The molecule has 6 nitrogen and oxygen atoms in total. The molecule has 1 aliphatic heterocycles. The molecule has 1 aromatic heterocycles. The molecule has 0 aliphatic carbocycles. The van der Waals surface area contributed by atoms with Crippen molar-refractivity contribution in [2.24, 2.45) is 0 Å². The molecule has 0 amide bonds. The zero-order valence-corrected chi connectivity index (χ0v) is 13.8. The third-order valence-electron chi connectivity index (χ3n) is 2.93. The summed E-state index contributed by atoms with van der Waals surface area (Å²) in [5, 5.41) is 8.86. The van der Waals surface area contributed by atoms with Gasteiger partial charge >= 0.3 is 5.97 Å². The molecule has 2 atom stereocenters. The highest BCUT2D eigenvalue weighted by Gasteiger charge is 2.45. The molecule has 20 heavy (non-hydrogen) atoms. The highest BCUT2D eigenvalue weighted by molar-refractivity contribution is 9.10. The second-order valence-corrected chi connectivity index (χ2v) is 8.19. The summed E-state index contributed by atoms with van der Waals surface area (Å²) in [7, 11) is -3.88. The smallest absolute Gasteiger partial charge is 0.322 e. The van der Waals surface area contributed by atoms with Crippen molar-refractivity contribution in [2.75, 3.05) is 5.75 Å². The Kier molecular flexibility index (Phi) is 4.73. The minimum atomic E-state index is -3.88. The highest BCUT2D eigenvalue weighted by atomic mass is 79.9. The third-order valence-corrected chi connectivity index (χ3v) is 6.83. The Labute approximate surface area is 129 Å². The second-order valence-electron chi connectivity index (χ2n) is 4.22. The van der Waals surface area contributed by atoms with E-state index >= 15 is 0 Å². The minimum Gasteiger partial charge on any atom is -0.480 e. The van der Waals surface area contributed by atoms with E-state index in [0.29, 0.717) is 10.9 Å². The standard InChI is InChI=1S/C11H13BrN2O4S2/c1-2-10-14(9(6-19-10)11(15)16)20(17,18)8-3-7(12)4-13-5-8/h3-5,9-10H,2,6H2,1H3,(H,15,16). The van der Waals surface area contributed by atoms with Crippen LogP contribution >= 0.6 is 27.7 Å². The Morgan fingerprint density at radius 1 is 1.60 bits per heavy atom. The van der Waals surface area contributed by atoms with E-state index in [1.807, 2.05) is 6.92 Å². The number of sulfonamides is 1. The maximum atomic E-state index is 12.7. The van der Waals surface area contributed by atoms with Crippen LogP contribution in [0.15, 0.2) is 27.8 Å². The molecule has 1 aliphatic rings. The predicted molar refractivity (Wildman–Crippen MR) is 78.9 cm³/mol. The van der Waals surface area contributed by atoms with Gasteiger partial charge in [-0.2, -0.15) is 4.31 Å². The number of carboxylic acid groups (broad SMARTS) is 1. The molecule has 110 valence electrons. The van der Waals surface area contributed by atoms with Crippen molar-refractivity contribution >= 4 is 43.7 Å². The predicted octanol–water partition coefficient (Wildman–Crippen LogP) is 1.77. The number of hydrogen-bond donors (Lipinski definition) is 1. The fraction of sp³-hybridized carbons (Fsp3) is 0.455. The van der Waals surface area contributed by atoms with Crippen LogP contribution < -0.4 is 0 Å². The van der Waals surface area contributed by atoms with E-state index in [1.165, 1.54) is 30.2 Å². The van der Waals surface area contributed by atoms with Crippen molar-refractivity contribution in [1.29, 1.82) is 0 Å². The second kappa shape index (κ2) is 6.00. The van der Waals surface area contributed by atoms with Crippen molar-refractivity contribution in [3.8, 4) is 0 Å². The number of aromatic nitrogens is 1. The number of halogens is 1. The van der Waals surface area contributed by atoms with E-state index in [9.17, 15) is 18.3 Å².